The lowest BCUT2D eigenvalue weighted by molar-refractivity contribution is 1.29. The van der Waals surface area contributed by atoms with E-state index in [0.29, 0.717) is 0 Å². The fourth-order valence-electron chi connectivity index (χ4n) is 6.90. The summed E-state index contributed by atoms with van der Waals surface area (Å²) < 4.78 is 2.65. The van der Waals surface area contributed by atoms with Gasteiger partial charge >= 0.3 is 0 Å². The molecule has 0 aliphatic heterocycles. The van der Waals surface area contributed by atoms with Crippen LogP contribution in [0, 0.1) is 0 Å². The fourth-order valence-corrected chi connectivity index (χ4v) is 8.27. The third-order valence-corrected chi connectivity index (χ3v) is 10.5. The Labute approximate surface area is 284 Å². The molecule has 1 nitrogen and oxygen atoms in total. The molecule has 0 fully saturated rings. The molecule has 0 unspecified atom stereocenters. The van der Waals surface area contributed by atoms with Crippen molar-refractivity contribution in [2.45, 2.75) is 0 Å². The van der Waals surface area contributed by atoms with Crippen LogP contribution in [0.2, 0.25) is 0 Å². The van der Waals surface area contributed by atoms with Gasteiger partial charge in [-0.3, -0.25) is 0 Å². The molecule has 8 aromatic carbocycles. The maximum Gasteiger partial charge on any atom is 0.0468 e. The van der Waals surface area contributed by atoms with E-state index >= 15 is 0 Å². The number of fused-ring (bicyclic) bond motifs is 4. The molecular weight excluding hydrogens is 599 g/mol. The predicted octanol–water partition coefficient (Wildman–Crippen LogP) is 13.7. The minimum absolute atomic E-state index is 1.12. The second kappa shape index (κ2) is 12.0. The third-order valence-electron chi connectivity index (χ3n) is 9.25. The first-order valence-corrected chi connectivity index (χ1v) is 17.2. The monoisotopic (exact) mass is 629 g/mol. The number of nitrogens with zero attached hydrogens (tertiary/aromatic N) is 1. The molecule has 0 aliphatic carbocycles. The summed E-state index contributed by atoms with van der Waals surface area (Å²) in [4.78, 5) is 2.38. The van der Waals surface area contributed by atoms with Crippen molar-refractivity contribution < 1.29 is 0 Å². The Hall–Kier alpha value is -5.96. The van der Waals surface area contributed by atoms with Gasteiger partial charge in [-0.2, -0.15) is 0 Å². The molecule has 0 amide bonds. The maximum absolute atomic E-state index is 2.38. The van der Waals surface area contributed by atoms with Gasteiger partial charge in [0.2, 0.25) is 0 Å². The SMILES string of the molecule is c1ccc(-c2ccc(N(c3cccc(-c4cccc5c4sc4c(-c6ccccc6)cccc45)c3)c3ccc4ccccc4c3)cc2)cc1. The van der Waals surface area contributed by atoms with Crippen molar-refractivity contribution in [3.8, 4) is 33.4 Å². The normalized spacial score (nSPS) is 11.3. The molecule has 0 saturated heterocycles. The molecule has 0 atom stereocenters. The van der Waals surface area contributed by atoms with Crippen molar-refractivity contribution in [2.24, 2.45) is 0 Å². The highest BCUT2D eigenvalue weighted by Gasteiger charge is 2.17. The standard InChI is InChI=1S/C46H31NS/c1-3-12-32(13-4-1)34-24-27-38(28-25-34)47(40-29-26-33-14-7-8-17-36(33)30-40)39-19-9-18-37(31-39)42-21-11-23-44-43-22-10-20-41(45(43)48-46(42)44)35-15-5-2-6-16-35/h1-31H. The van der Waals surface area contributed by atoms with E-state index in [9.17, 15) is 0 Å². The molecule has 0 saturated carbocycles. The van der Waals surface area contributed by atoms with Crippen molar-refractivity contribution >= 4 is 59.3 Å². The summed E-state index contributed by atoms with van der Waals surface area (Å²) in [7, 11) is 0. The first-order chi connectivity index (χ1) is 23.8. The average Bonchev–Trinajstić information content (AvgIpc) is 3.55. The highest BCUT2D eigenvalue weighted by atomic mass is 32.1. The number of anilines is 3. The molecule has 0 spiro atoms. The van der Waals surface area contributed by atoms with Crippen molar-refractivity contribution in [1.82, 2.24) is 0 Å². The molecule has 1 heterocycles. The van der Waals surface area contributed by atoms with Crippen LogP contribution >= 0.6 is 11.3 Å². The lowest BCUT2D eigenvalue weighted by Gasteiger charge is -2.26. The van der Waals surface area contributed by atoms with E-state index in [-0.39, 0.29) is 0 Å². The molecule has 226 valence electrons. The minimum atomic E-state index is 1.12. The van der Waals surface area contributed by atoms with Crippen LogP contribution < -0.4 is 4.90 Å². The first kappa shape index (κ1) is 28.3. The zero-order valence-electron chi connectivity index (χ0n) is 26.3. The first-order valence-electron chi connectivity index (χ1n) is 16.3. The van der Waals surface area contributed by atoms with E-state index < -0.39 is 0 Å². The van der Waals surface area contributed by atoms with E-state index in [2.05, 4.69) is 193 Å². The van der Waals surface area contributed by atoms with E-state index in [1.54, 1.807) is 0 Å². The zero-order chi connectivity index (χ0) is 31.9. The van der Waals surface area contributed by atoms with Gasteiger partial charge < -0.3 is 4.90 Å². The van der Waals surface area contributed by atoms with Crippen molar-refractivity contribution in [3.63, 3.8) is 0 Å². The maximum atomic E-state index is 2.38. The van der Waals surface area contributed by atoms with Crippen LogP contribution in [0.1, 0.15) is 0 Å². The van der Waals surface area contributed by atoms with E-state index in [1.807, 2.05) is 11.3 Å². The smallest absolute Gasteiger partial charge is 0.0468 e. The summed E-state index contributed by atoms with van der Waals surface area (Å²) in [6.07, 6.45) is 0. The Morgan fingerprint density at radius 2 is 0.833 bits per heavy atom. The highest BCUT2D eigenvalue weighted by Crippen LogP contribution is 2.45. The van der Waals surface area contributed by atoms with Gasteiger partial charge in [-0.1, -0.05) is 152 Å². The van der Waals surface area contributed by atoms with Crippen LogP contribution in [0.25, 0.3) is 64.3 Å². The van der Waals surface area contributed by atoms with Gasteiger partial charge in [-0.25, -0.2) is 0 Å². The molecule has 0 N–H and O–H groups in total. The Balaban J connectivity index is 1.19. The van der Waals surface area contributed by atoms with Gasteiger partial charge in [0, 0.05) is 37.2 Å². The van der Waals surface area contributed by atoms with Gasteiger partial charge in [-0.15, -0.1) is 11.3 Å². The van der Waals surface area contributed by atoms with Gasteiger partial charge in [-0.05, 0) is 80.6 Å². The number of hydrogen-bond donors (Lipinski definition) is 0. The number of rotatable bonds is 6. The van der Waals surface area contributed by atoms with E-state index in [4.69, 9.17) is 0 Å². The van der Waals surface area contributed by atoms with Crippen LogP contribution in [0.5, 0.6) is 0 Å². The number of hydrogen-bond acceptors (Lipinski definition) is 2. The largest absolute Gasteiger partial charge is 0.310 e. The molecule has 0 bridgehead atoms. The average molecular weight is 630 g/mol. The molecular formula is C46H31NS. The number of thiophene rings is 1. The Bertz CT molecular complexity index is 2550. The van der Waals surface area contributed by atoms with Gasteiger partial charge in [0.25, 0.3) is 0 Å². The second-order valence-corrected chi connectivity index (χ2v) is 13.2. The predicted molar refractivity (Wildman–Crippen MR) is 208 cm³/mol. The lowest BCUT2D eigenvalue weighted by Crippen LogP contribution is -2.10. The Kier molecular flexibility index (Phi) is 7.07. The van der Waals surface area contributed by atoms with Crippen molar-refractivity contribution in [1.29, 1.82) is 0 Å². The van der Waals surface area contributed by atoms with Gasteiger partial charge in [0.05, 0.1) is 0 Å². The molecule has 0 radical (unpaired) electrons. The summed E-state index contributed by atoms with van der Waals surface area (Å²) >= 11 is 1.90. The summed E-state index contributed by atoms with van der Waals surface area (Å²) in [5.41, 5.74) is 10.8. The molecule has 48 heavy (non-hydrogen) atoms. The summed E-state index contributed by atoms with van der Waals surface area (Å²) in [5, 5.41) is 5.08. The van der Waals surface area contributed by atoms with E-state index in [0.717, 1.165) is 17.1 Å². The topological polar surface area (TPSA) is 3.24 Å². The Morgan fingerprint density at radius 1 is 0.312 bits per heavy atom. The number of benzene rings is 8. The van der Waals surface area contributed by atoms with Crippen LogP contribution in [0.15, 0.2) is 188 Å². The third kappa shape index (κ3) is 5.04. The summed E-state index contributed by atoms with van der Waals surface area (Å²) in [5.74, 6) is 0. The minimum Gasteiger partial charge on any atom is -0.310 e. The highest BCUT2D eigenvalue weighted by molar-refractivity contribution is 7.26. The van der Waals surface area contributed by atoms with Crippen LogP contribution in [0.3, 0.4) is 0 Å². The fraction of sp³-hybridized carbons (Fsp3) is 0. The quantitative estimate of drug-likeness (QED) is 0.177. The van der Waals surface area contributed by atoms with Gasteiger partial charge in [0.1, 0.15) is 0 Å². The van der Waals surface area contributed by atoms with Crippen LogP contribution in [-0.2, 0) is 0 Å². The molecule has 1 aromatic heterocycles. The second-order valence-electron chi connectivity index (χ2n) is 12.2. The Morgan fingerprint density at radius 3 is 1.54 bits per heavy atom. The van der Waals surface area contributed by atoms with E-state index in [1.165, 1.54) is 64.3 Å². The molecule has 9 rings (SSSR count). The lowest BCUT2D eigenvalue weighted by atomic mass is 9.99. The zero-order valence-corrected chi connectivity index (χ0v) is 27.1. The van der Waals surface area contributed by atoms with Gasteiger partial charge in [0.15, 0.2) is 0 Å². The van der Waals surface area contributed by atoms with Crippen LogP contribution in [0.4, 0.5) is 17.1 Å². The van der Waals surface area contributed by atoms with Crippen molar-refractivity contribution in [3.05, 3.63) is 188 Å². The molecule has 0 aliphatic rings. The molecule has 9 aromatic rings. The molecule has 2 heteroatoms. The summed E-state index contributed by atoms with van der Waals surface area (Å²) in [6.45, 7) is 0. The van der Waals surface area contributed by atoms with Crippen molar-refractivity contribution in [2.75, 3.05) is 4.90 Å². The van der Waals surface area contributed by atoms with Crippen LogP contribution in [-0.4, -0.2) is 0 Å². The summed E-state index contributed by atoms with van der Waals surface area (Å²) in [6, 6.07) is 68.0.